The molecule has 1 aliphatic rings. The number of aromatic nitrogens is 1. The van der Waals surface area contributed by atoms with Crippen LogP contribution in [0.4, 0.5) is 11.5 Å². The number of anilines is 1. The second-order valence-corrected chi connectivity index (χ2v) is 7.35. The van der Waals surface area contributed by atoms with Crippen molar-refractivity contribution in [2.75, 3.05) is 11.9 Å². The Hall–Kier alpha value is -3.23. The molecular formula is C20H24N4O5. The minimum absolute atomic E-state index is 0.0820. The zero-order chi connectivity index (χ0) is 21.0. The molecule has 0 bridgehead atoms. The Bertz CT molecular complexity index is 917. The van der Waals surface area contributed by atoms with Crippen LogP contribution >= 0.6 is 0 Å². The molecule has 1 heterocycles. The van der Waals surface area contributed by atoms with Crippen LogP contribution in [-0.2, 0) is 4.79 Å². The minimum Gasteiger partial charge on any atom is -0.360 e. The van der Waals surface area contributed by atoms with Crippen LogP contribution in [0.3, 0.4) is 0 Å². The van der Waals surface area contributed by atoms with E-state index in [0.717, 1.165) is 32.1 Å². The molecule has 9 nitrogen and oxygen atoms in total. The van der Waals surface area contributed by atoms with Crippen molar-refractivity contribution in [3.8, 4) is 0 Å². The summed E-state index contributed by atoms with van der Waals surface area (Å²) in [4.78, 5) is 38.0. The van der Waals surface area contributed by atoms with Gasteiger partial charge in [-0.2, -0.15) is 0 Å². The number of hydrogen-bond acceptors (Lipinski definition) is 6. The summed E-state index contributed by atoms with van der Waals surface area (Å²) >= 11 is 0. The average Bonchev–Trinajstić information content (AvgIpc) is 3.11. The molecule has 1 aromatic heterocycles. The summed E-state index contributed by atoms with van der Waals surface area (Å²) in [6, 6.07) is 5.92. The number of benzene rings is 1. The third kappa shape index (κ3) is 4.98. The lowest BCUT2D eigenvalue weighted by Gasteiger charge is -2.34. The fourth-order valence-electron chi connectivity index (χ4n) is 3.63. The highest BCUT2D eigenvalue weighted by Gasteiger charge is 2.29. The lowest BCUT2D eigenvalue weighted by Crippen LogP contribution is -2.45. The maximum atomic E-state index is 13.2. The number of aryl methyl sites for hydroxylation is 2. The number of amides is 2. The Morgan fingerprint density at radius 3 is 2.59 bits per heavy atom. The van der Waals surface area contributed by atoms with E-state index in [2.05, 4.69) is 10.5 Å². The standard InChI is InChI=1S/C20H24N4O5/c1-13-8-9-15(11-17(13)24(27)28)20(26)23(16-6-4-3-5-7-16)12-19(25)21-18-10-14(2)29-22-18/h8-11,16H,3-7,12H2,1-2H3,(H,21,22,25). The Morgan fingerprint density at radius 2 is 1.97 bits per heavy atom. The van der Waals surface area contributed by atoms with E-state index in [1.807, 2.05) is 0 Å². The molecule has 1 saturated carbocycles. The number of hydrogen-bond donors (Lipinski definition) is 1. The van der Waals surface area contributed by atoms with Gasteiger partial charge in [0.25, 0.3) is 11.6 Å². The van der Waals surface area contributed by atoms with Gasteiger partial charge in [0.15, 0.2) is 5.82 Å². The molecule has 0 unspecified atom stereocenters. The van der Waals surface area contributed by atoms with Gasteiger partial charge in [-0.25, -0.2) is 0 Å². The molecule has 154 valence electrons. The summed E-state index contributed by atoms with van der Waals surface area (Å²) in [5.74, 6) is 0.0762. The highest BCUT2D eigenvalue weighted by atomic mass is 16.6. The van der Waals surface area contributed by atoms with Gasteiger partial charge < -0.3 is 14.7 Å². The zero-order valence-electron chi connectivity index (χ0n) is 16.5. The number of nitro groups is 1. The van der Waals surface area contributed by atoms with E-state index in [0.29, 0.717) is 11.3 Å². The number of nitro benzene ring substituents is 1. The maximum absolute atomic E-state index is 13.2. The molecule has 0 aliphatic heterocycles. The molecule has 2 aromatic rings. The van der Waals surface area contributed by atoms with Crippen LogP contribution in [0.5, 0.6) is 0 Å². The predicted octanol–water partition coefficient (Wildman–Crippen LogP) is 3.61. The SMILES string of the molecule is Cc1cc(NC(=O)CN(C(=O)c2ccc(C)c([N+](=O)[O-])c2)C2CCCCC2)no1. The van der Waals surface area contributed by atoms with Crippen LogP contribution in [0.1, 0.15) is 53.8 Å². The van der Waals surface area contributed by atoms with E-state index in [1.165, 1.54) is 11.0 Å². The van der Waals surface area contributed by atoms with E-state index >= 15 is 0 Å². The highest BCUT2D eigenvalue weighted by Crippen LogP contribution is 2.26. The first-order valence-electron chi connectivity index (χ1n) is 9.64. The Kier molecular flexibility index (Phi) is 6.26. The number of nitrogens with zero attached hydrogens (tertiary/aromatic N) is 3. The molecule has 1 aromatic carbocycles. The van der Waals surface area contributed by atoms with Crippen LogP contribution in [0.2, 0.25) is 0 Å². The van der Waals surface area contributed by atoms with Crippen molar-refractivity contribution in [1.82, 2.24) is 10.1 Å². The number of carbonyl (C=O) groups is 2. The normalized spacial score (nSPS) is 14.4. The third-order valence-electron chi connectivity index (χ3n) is 5.14. The monoisotopic (exact) mass is 400 g/mol. The largest absolute Gasteiger partial charge is 0.360 e. The second-order valence-electron chi connectivity index (χ2n) is 7.35. The van der Waals surface area contributed by atoms with Crippen LogP contribution in [0.25, 0.3) is 0 Å². The van der Waals surface area contributed by atoms with Crippen LogP contribution in [0.15, 0.2) is 28.8 Å². The lowest BCUT2D eigenvalue weighted by molar-refractivity contribution is -0.385. The Labute approximate surface area is 168 Å². The number of rotatable bonds is 6. The van der Waals surface area contributed by atoms with Crippen molar-refractivity contribution in [1.29, 1.82) is 0 Å². The van der Waals surface area contributed by atoms with Crippen LogP contribution in [0, 0.1) is 24.0 Å². The van der Waals surface area contributed by atoms with Crippen molar-refractivity contribution in [2.45, 2.75) is 52.0 Å². The molecule has 29 heavy (non-hydrogen) atoms. The van der Waals surface area contributed by atoms with Crippen molar-refractivity contribution in [3.05, 3.63) is 51.3 Å². The average molecular weight is 400 g/mol. The summed E-state index contributed by atoms with van der Waals surface area (Å²) in [6.45, 7) is 3.18. The van der Waals surface area contributed by atoms with E-state index in [9.17, 15) is 19.7 Å². The third-order valence-corrected chi connectivity index (χ3v) is 5.14. The molecule has 0 spiro atoms. The first kappa shape index (κ1) is 20.5. The van der Waals surface area contributed by atoms with E-state index in [4.69, 9.17) is 4.52 Å². The zero-order valence-corrected chi connectivity index (χ0v) is 16.5. The summed E-state index contributed by atoms with van der Waals surface area (Å²) in [5.41, 5.74) is 0.579. The summed E-state index contributed by atoms with van der Waals surface area (Å²) in [6.07, 6.45) is 4.66. The first-order chi connectivity index (χ1) is 13.8. The van der Waals surface area contributed by atoms with Gasteiger partial charge in [-0.05, 0) is 32.8 Å². The molecule has 0 saturated heterocycles. The molecule has 2 amide bonds. The smallest absolute Gasteiger partial charge is 0.273 e. The number of carbonyl (C=O) groups excluding carboxylic acids is 2. The van der Waals surface area contributed by atoms with Crippen LogP contribution < -0.4 is 5.32 Å². The molecule has 3 rings (SSSR count). The fourth-order valence-corrected chi connectivity index (χ4v) is 3.63. The quantitative estimate of drug-likeness (QED) is 0.584. The van der Waals surface area contributed by atoms with Gasteiger partial charge in [0.05, 0.1) is 4.92 Å². The summed E-state index contributed by atoms with van der Waals surface area (Å²) < 4.78 is 4.94. The molecule has 1 fully saturated rings. The van der Waals surface area contributed by atoms with Crippen molar-refractivity contribution in [2.24, 2.45) is 0 Å². The number of nitrogens with one attached hydrogen (secondary N) is 1. The van der Waals surface area contributed by atoms with Gasteiger partial charge in [0.1, 0.15) is 12.3 Å². The van der Waals surface area contributed by atoms with Gasteiger partial charge in [-0.15, -0.1) is 0 Å². The van der Waals surface area contributed by atoms with Crippen molar-refractivity contribution < 1.29 is 19.0 Å². The Morgan fingerprint density at radius 1 is 1.24 bits per heavy atom. The topological polar surface area (TPSA) is 119 Å². The van der Waals surface area contributed by atoms with Gasteiger partial charge in [0, 0.05) is 29.3 Å². The first-order valence-corrected chi connectivity index (χ1v) is 9.64. The highest BCUT2D eigenvalue weighted by molar-refractivity contribution is 5.99. The fraction of sp³-hybridized carbons (Fsp3) is 0.450. The van der Waals surface area contributed by atoms with Gasteiger partial charge in [-0.1, -0.05) is 30.5 Å². The molecule has 0 radical (unpaired) electrons. The van der Waals surface area contributed by atoms with Gasteiger partial charge >= 0.3 is 0 Å². The molecule has 1 aliphatic carbocycles. The predicted molar refractivity (Wildman–Crippen MR) is 106 cm³/mol. The maximum Gasteiger partial charge on any atom is 0.273 e. The van der Waals surface area contributed by atoms with E-state index in [-0.39, 0.29) is 41.5 Å². The summed E-state index contributed by atoms with van der Waals surface area (Å²) in [5, 5.41) is 17.6. The molecule has 9 heteroatoms. The van der Waals surface area contributed by atoms with Gasteiger partial charge in [-0.3, -0.25) is 19.7 Å². The minimum atomic E-state index is -0.503. The Balaban J connectivity index is 1.82. The molecule has 0 atom stereocenters. The lowest BCUT2D eigenvalue weighted by atomic mass is 9.93. The van der Waals surface area contributed by atoms with Crippen LogP contribution in [-0.4, -0.2) is 39.4 Å². The van der Waals surface area contributed by atoms with Crippen molar-refractivity contribution in [3.63, 3.8) is 0 Å². The molecule has 1 N–H and O–H groups in total. The second kappa shape index (κ2) is 8.85. The van der Waals surface area contributed by atoms with E-state index in [1.54, 1.807) is 32.0 Å². The molecular weight excluding hydrogens is 376 g/mol. The van der Waals surface area contributed by atoms with E-state index < -0.39 is 4.92 Å². The van der Waals surface area contributed by atoms with Crippen molar-refractivity contribution >= 4 is 23.3 Å². The summed E-state index contributed by atoms with van der Waals surface area (Å²) in [7, 11) is 0. The van der Waals surface area contributed by atoms with Gasteiger partial charge in [0.2, 0.25) is 5.91 Å².